The van der Waals surface area contributed by atoms with Crippen LogP contribution in [-0.2, 0) is 23.2 Å². The minimum atomic E-state index is -0.522. The molecule has 0 fully saturated rings. The first-order valence-electron chi connectivity index (χ1n) is 7.10. The van der Waals surface area contributed by atoms with Crippen molar-refractivity contribution in [2.24, 2.45) is 5.92 Å². The van der Waals surface area contributed by atoms with Gasteiger partial charge in [-0.2, -0.15) is 0 Å². The van der Waals surface area contributed by atoms with Crippen molar-refractivity contribution in [3.8, 4) is 0 Å². The molecule has 0 saturated carbocycles. The van der Waals surface area contributed by atoms with Crippen LogP contribution >= 0.6 is 24.8 Å². The van der Waals surface area contributed by atoms with Crippen LogP contribution in [0, 0.1) is 5.92 Å². The summed E-state index contributed by atoms with van der Waals surface area (Å²) in [6, 6.07) is 0. The van der Waals surface area contributed by atoms with Crippen LogP contribution < -0.4 is 0 Å². The first-order valence-corrected chi connectivity index (χ1v) is 9.56. The average molecular weight is 393 g/mol. The van der Waals surface area contributed by atoms with Crippen LogP contribution in [0.25, 0.3) is 0 Å². The molecular formula is C17H26Cl2Zr. The van der Waals surface area contributed by atoms with Gasteiger partial charge < -0.3 is 0 Å². The Hall–Kier alpha value is 0.423. The first-order chi connectivity index (χ1) is 8.56. The van der Waals surface area contributed by atoms with Crippen LogP contribution in [0.15, 0.2) is 41.0 Å². The molecule has 0 heterocycles. The van der Waals surface area contributed by atoms with Gasteiger partial charge in [-0.3, -0.25) is 0 Å². The fourth-order valence-corrected chi connectivity index (χ4v) is 7.15. The van der Waals surface area contributed by atoms with E-state index in [1.165, 1.54) is 19.3 Å². The topological polar surface area (TPSA) is 0 Å². The van der Waals surface area contributed by atoms with Gasteiger partial charge in [0.25, 0.3) is 0 Å². The van der Waals surface area contributed by atoms with Crippen LogP contribution in [0.5, 0.6) is 0 Å². The van der Waals surface area contributed by atoms with Crippen molar-refractivity contribution < 1.29 is 23.2 Å². The van der Waals surface area contributed by atoms with Crippen molar-refractivity contribution in [2.75, 3.05) is 0 Å². The summed E-state index contributed by atoms with van der Waals surface area (Å²) in [5.41, 5.74) is 6.50. The summed E-state index contributed by atoms with van der Waals surface area (Å²) >= 11 is -0.522. The molecule has 0 nitrogen and oxygen atoms in total. The largest absolute Gasteiger partial charge is 0.147 e. The Morgan fingerprint density at radius 3 is 2.30 bits per heavy atom. The summed E-state index contributed by atoms with van der Waals surface area (Å²) in [4.78, 5) is 0. The summed E-state index contributed by atoms with van der Waals surface area (Å²) < 4.78 is 3.67. The van der Waals surface area contributed by atoms with Crippen LogP contribution in [0.2, 0.25) is 0 Å². The van der Waals surface area contributed by atoms with Crippen LogP contribution in [0.1, 0.15) is 53.9 Å². The molecular weight excluding hydrogens is 366 g/mol. The van der Waals surface area contributed by atoms with Gasteiger partial charge in [-0.25, -0.2) is 0 Å². The van der Waals surface area contributed by atoms with Crippen molar-refractivity contribution in [1.29, 1.82) is 0 Å². The molecule has 0 aliphatic heterocycles. The molecule has 2 rings (SSSR count). The fourth-order valence-electron chi connectivity index (χ4n) is 2.91. The van der Waals surface area contributed by atoms with Gasteiger partial charge in [-0.05, 0) is 0 Å². The molecule has 0 spiro atoms. The van der Waals surface area contributed by atoms with Crippen molar-refractivity contribution in [1.82, 2.24) is 0 Å². The van der Waals surface area contributed by atoms with Gasteiger partial charge in [0.2, 0.25) is 0 Å². The molecule has 0 radical (unpaired) electrons. The van der Waals surface area contributed by atoms with Crippen molar-refractivity contribution in [3.05, 3.63) is 41.0 Å². The Labute approximate surface area is 148 Å². The van der Waals surface area contributed by atoms with E-state index in [1.807, 2.05) is 6.56 Å². The minimum absolute atomic E-state index is 0. The molecule has 1 unspecified atom stereocenters. The Kier molecular flexibility index (Phi) is 8.95. The second kappa shape index (κ2) is 8.77. The average Bonchev–Trinajstić information content (AvgIpc) is 2.86. The third-order valence-electron chi connectivity index (χ3n) is 4.47. The Morgan fingerprint density at radius 2 is 1.80 bits per heavy atom. The second-order valence-corrected chi connectivity index (χ2v) is 8.98. The third-order valence-corrected chi connectivity index (χ3v) is 9.16. The van der Waals surface area contributed by atoms with Crippen LogP contribution in [0.4, 0.5) is 0 Å². The molecule has 112 valence electrons. The zero-order chi connectivity index (χ0) is 13.3. The van der Waals surface area contributed by atoms with E-state index in [0.29, 0.717) is 0 Å². The minimum Gasteiger partial charge on any atom is -0.147 e. The molecule has 0 bridgehead atoms. The Bertz CT molecular complexity index is 481. The molecule has 2 aliphatic carbocycles. The summed E-state index contributed by atoms with van der Waals surface area (Å²) in [6.45, 7) is 11.7. The van der Waals surface area contributed by atoms with E-state index >= 15 is 0 Å². The summed E-state index contributed by atoms with van der Waals surface area (Å²) in [5, 5.41) is 0. The maximum absolute atomic E-state index is 2.41. The molecule has 0 amide bonds. The van der Waals surface area contributed by atoms with E-state index in [2.05, 4.69) is 46.8 Å². The molecule has 1 atom stereocenters. The molecule has 0 aromatic carbocycles. The third kappa shape index (κ3) is 3.99. The van der Waals surface area contributed by atoms with E-state index < -0.39 is 23.2 Å². The van der Waals surface area contributed by atoms with Gasteiger partial charge in [-0.15, -0.1) is 24.8 Å². The van der Waals surface area contributed by atoms with Crippen molar-refractivity contribution >= 4 is 24.8 Å². The van der Waals surface area contributed by atoms with Gasteiger partial charge >= 0.3 is 124 Å². The Balaban J connectivity index is 0.00000180. The molecule has 3 heteroatoms. The zero-order valence-electron chi connectivity index (χ0n) is 13.2. The van der Waals surface area contributed by atoms with Gasteiger partial charge in [0.15, 0.2) is 0 Å². The Morgan fingerprint density at radius 1 is 1.15 bits per heavy atom. The zero-order valence-corrected chi connectivity index (χ0v) is 17.3. The maximum atomic E-state index is 2.41. The molecule has 0 N–H and O–H groups in total. The predicted molar refractivity (Wildman–Crippen MR) is 90.4 cm³/mol. The quantitative estimate of drug-likeness (QED) is 0.535. The summed E-state index contributed by atoms with van der Waals surface area (Å²) in [6.07, 6.45) is 8.60. The smallest absolute Gasteiger partial charge is 0.147 e. The van der Waals surface area contributed by atoms with Crippen molar-refractivity contribution in [2.45, 2.75) is 53.9 Å². The van der Waals surface area contributed by atoms with Gasteiger partial charge in [0.05, 0.1) is 0 Å². The second-order valence-electron chi connectivity index (χ2n) is 5.55. The monoisotopic (exact) mass is 390 g/mol. The maximum Gasteiger partial charge on any atom is -0.147 e. The summed E-state index contributed by atoms with van der Waals surface area (Å²) in [7, 11) is 0. The van der Waals surface area contributed by atoms with E-state index in [1.54, 1.807) is 22.3 Å². The van der Waals surface area contributed by atoms with Crippen LogP contribution in [-0.4, -0.2) is 0 Å². The number of halogens is 2. The van der Waals surface area contributed by atoms with E-state index in [9.17, 15) is 0 Å². The van der Waals surface area contributed by atoms with Crippen molar-refractivity contribution in [3.63, 3.8) is 0 Å². The number of rotatable bonds is 4. The number of hydrogen-bond acceptors (Lipinski definition) is 0. The molecule has 2 aliphatic rings. The standard InChI is InChI=1S/C9H13.C8H11.2ClH.Zr/c1-6-5-7(2)9(4)8(6)3;1-2-5-8-6-3-4-7-8;;;/h6H,1-4H3;3,6H,2,4-5H2,1H3;2*1H;. The predicted octanol–water partition coefficient (Wildman–Crippen LogP) is 6.19. The molecule has 0 saturated heterocycles. The van der Waals surface area contributed by atoms with Gasteiger partial charge in [0, 0.05) is 0 Å². The molecule has 0 aromatic rings. The summed E-state index contributed by atoms with van der Waals surface area (Å²) in [5.74, 6) is 0.729. The van der Waals surface area contributed by atoms with E-state index in [-0.39, 0.29) is 24.8 Å². The number of allylic oxidation sites excluding steroid dienone is 8. The fraction of sp³-hybridized carbons (Fsp3) is 0.529. The molecule has 20 heavy (non-hydrogen) atoms. The normalized spacial score (nSPS) is 21.4. The first kappa shape index (κ1) is 20.4. The van der Waals surface area contributed by atoms with Gasteiger partial charge in [-0.1, -0.05) is 0 Å². The van der Waals surface area contributed by atoms with Gasteiger partial charge in [0.1, 0.15) is 0 Å². The van der Waals surface area contributed by atoms with E-state index in [4.69, 9.17) is 0 Å². The van der Waals surface area contributed by atoms with Crippen LogP contribution in [0.3, 0.4) is 0 Å². The van der Waals surface area contributed by atoms with E-state index in [0.717, 1.165) is 5.92 Å². The molecule has 0 aromatic heterocycles. The number of hydrogen-bond donors (Lipinski definition) is 0. The SMILES string of the molecule is CCCC1=[C]([Zr][C]2=C(C)C(C)=C(C)C2C)CC=C1.Cl.Cl.